The first-order chi connectivity index (χ1) is 8.03. The van der Waals surface area contributed by atoms with Crippen molar-refractivity contribution >= 4 is 10.0 Å². The van der Waals surface area contributed by atoms with E-state index in [-0.39, 0.29) is 10.9 Å². The van der Waals surface area contributed by atoms with Crippen LogP contribution in [0.25, 0.3) is 0 Å². The quantitative estimate of drug-likeness (QED) is 0.875. The number of rotatable bonds is 3. The molecule has 1 aliphatic carbocycles. The molecule has 1 aliphatic rings. The average molecular weight is 256 g/mol. The van der Waals surface area contributed by atoms with E-state index in [9.17, 15) is 13.2 Å². The van der Waals surface area contributed by atoms with Gasteiger partial charge in [-0.1, -0.05) is 12.8 Å². The number of hydrogen-bond acceptors (Lipinski definition) is 3. The van der Waals surface area contributed by atoms with Crippen LogP contribution >= 0.6 is 0 Å². The third-order valence-corrected chi connectivity index (χ3v) is 5.22. The molecule has 0 atom stereocenters. The van der Waals surface area contributed by atoms with Gasteiger partial charge < -0.3 is 4.98 Å². The zero-order valence-electron chi connectivity index (χ0n) is 9.72. The van der Waals surface area contributed by atoms with Gasteiger partial charge in [-0.05, 0) is 12.8 Å². The maximum atomic E-state index is 12.2. The summed E-state index contributed by atoms with van der Waals surface area (Å²) in [5.41, 5.74) is -0.464. The molecule has 6 heteroatoms. The van der Waals surface area contributed by atoms with E-state index in [1.165, 1.54) is 22.8 Å². The molecular formula is C11H16N2O3S. The SMILES string of the molecule is CN(C1CCCC1)S(=O)(=O)c1c[nH]ccc1=O. The molecule has 1 saturated carbocycles. The van der Waals surface area contributed by atoms with Crippen molar-refractivity contribution in [2.75, 3.05) is 7.05 Å². The van der Waals surface area contributed by atoms with Crippen LogP contribution in [0.5, 0.6) is 0 Å². The molecule has 1 fully saturated rings. The molecule has 0 unspecified atom stereocenters. The molecule has 0 saturated heterocycles. The molecule has 0 aliphatic heterocycles. The maximum absolute atomic E-state index is 12.2. The zero-order chi connectivity index (χ0) is 12.5. The topological polar surface area (TPSA) is 70.2 Å². The van der Waals surface area contributed by atoms with Gasteiger partial charge in [0.25, 0.3) is 0 Å². The van der Waals surface area contributed by atoms with Crippen molar-refractivity contribution in [1.29, 1.82) is 0 Å². The second-order valence-corrected chi connectivity index (χ2v) is 6.30. The summed E-state index contributed by atoms with van der Waals surface area (Å²) in [6.07, 6.45) is 6.53. The molecule has 0 bridgehead atoms. The van der Waals surface area contributed by atoms with Crippen molar-refractivity contribution in [3.63, 3.8) is 0 Å². The summed E-state index contributed by atoms with van der Waals surface area (Å²) in [4.78, 5) is 14.0. The molecule has 17 heavy (non-hydrogen) atoms. The Hall–Kier alpha value is -1.14. The van der Waals surface area contributed by atoms with Crippen LogP contribution in [0.15, 0.2) is 28.2 Å². The Morgan fingerprint density at radius 1 is 1.35 bits per heavy atom. The molecule has 94 valence electrons. The van der Waals surface area contributed by atoms with E-state index in [0.717, 1.165) is 25.7 Å². The highest BCUT2D eigenvalue weighted by atomic mass is 32.2. The normalized spacial score (nSPS) is 17.8. The summed E-state index contributed by atoms with van der Waals surface area (Å²) in [6, 6.07) is 1.26. The Labute approximate surface area is 101 Å². The van der Waals surface area contributed by atoms with Crippen molar-refractivity contribution in [2.45, 2.75) is 36.6 Å². The highest BCUT2D eigenvalue weighted by Crippen LogP contribution is 2.25. The first-order valence-corrected chi connectivity index (χ1v) is 7.12. The van der Waals surface area contributed by atoms with Gasteiger partial charge in [-0.3, -0.25) is 4.79 Å². The van der Waals surface area contributed by atoms with Crippen LogP contribution in [0.2, 0.25) is 0 Å². The van der Waals surface area contributed by atoms with Crippen molar-refractivity contribution in [3.05, 3.63) is 28.7 Å². The zero-order valence-corrected chi connectivity index (χ0v) is 10.5. The maximum Gasteiger partial charge on any atom is 0.248 e. The summed E-state index contributed by atoms with van der Waals surface area (Å²) in [7, 11) is -2.11. The van der Waals surface area contributed by atoms with E-state index in [1.807, 2.05) is 0 Å². The molecule has 5 nitrogen and oxygen atoms in total. The van der Waals surface area contributed by atoms with Gasteiger partial charge in [0.15, 0.2) is 0 Å². The molecule has 0 amide bonds. The van der Waals surface area contributed by atoms with Crippen LogP contribution in [-0.2, 0) is 10.0 Å². The molecule has 1 aromatic rings. The molecule has 1 N–H and O–H groups in total. The van der Waals surface area contributed by atoms with Gasteiger partial charge in [0.05, 0.1) is 0 Å². The fourth-order valence-electron chi connectivity index (χ4n) is 2.22. The number of sulfonamides is 1. The van der Waals surface area contributed by atoms with Crippen molar-refractivity contribution in [1.82, 2.24) is 9.29 Å². The molecular weight excluding hydrogens is 240 g/mol. The third-order valence-electron chi connectivity index (χ3n) is 3.28. The smallest absolute Gasteiger partial charge is 0.248 e. The number of nitrogens with one attached hydrogen (secondary N) is 1. The Balaban J connectivity index is 2.36. The Kier molecular flexibility index (Phi) is 3.35. The van der Waals surface area contributed by atoms with E-state index in [2.05, 4.69) is 4.98 Å². The summed E-state index contributed by atoms with van der Waals surface area (Å²) in [5.74, 6) is 0. The number of hydrogen-bond donors (Lipinski definition) is 1. The van der Waals surface area contributed by atoms with E-state index in [4.69, 9.17) is 0 Å². The number of H-pyrrole nitrogens is 1. The standard InChI is InChI=1S/C11H16N2O3S/c1-13(9-4-2-3-5-9)17(15,16)11-8-12-7-6-10(11)14/h6-9H,2-5H2,1H3,(H,12,14). The van der Waals surface area contributed by atoms with Gasteiger partial charge in [0, 0.05) is 31.5 Å². The van der Waals surface area contributed by atoms with E-state index in [1.54, 1.807) is 7.05 Å². The largest absolute Gasteiger partial charge is 0.366 e. The van der Waals surface area contributed by atoms with Gasteiger partial charge in [-0.2, -0.15) is 4.31 Å². The molecule has 1 heterocycles. The van der Waals surface area contributed by atoms with Crippen LogP contribution in [0.3, 0.4) is 0 Å². The second-order valence-electron chi connectivity index (χ2n) is 4.33. The summed E-state index contributed by atoms with van der Waals surface area (Å²) in [6.45, 7) is 0. The van der Waals surface area contributed by atoms with E-state index < -0.39 is 15.5 Å². The van der Waals surface area contributed by atoms with Gasteiger partial charge in [-0.25, -0.2) is 8.42 Å². The van der Waals surface area contributed by atoms with E-state index in [0.29, 0.717) is 0 Å². The Morgan fingerprint density at radius 3 is 2.59 bits per heavy atom. The monoisotopic (exact) mass is 256 g/mol. The summed E-state index contributed by atoms with van der Waals surface area (Å²) < 4.78 is 25.8. The second kappa shape index (κ2) is 4.62. The fraction of sp³-hybridized carbons (Fsp3) is 0.545. The minimum Gasteiger partial charge on any atom is -0.366 e. The van der Waals surface area contributed by atoms with Gasteiger partial charge in [0.1, 0.15) is 4.90 Å². The molecule has 2 rings (SSSR count). The first kappa shape index (κ1) is 12.3. The van der Waals surface area contributed by atoms with E-state index >= 15 is 0 Å². The molecule has 0 aromatic carbocycles. The summed E-state index contributed by atoms with van der Waals surface area (Å²) >= 11 is 0. The lowest BCUT2D eigenvalue weighted by molar-refractivity contribution is 0.372. The number of nitrogens with zero attached hydrogens (tertiary/aromatic N) is 1. The van der Waals surface area contributed by atoms with Crippen molar-refractivity contribution in [2.24, 2.45) is 0 Å². The van der Waals surface area contributed by atoms with Gasteiger partial charge >= 0.3 is 0 Å². The highest BCUT2D eigenvalue weighted by molar-refractivity contribution is 7.89. The first-order valence-electron chi connectivity index (χ1n) is 5.68. The predicted molar refractivity (Wildman–Crippen MR) is 64.3 cm³/mol. The average Bonchev–Trinajstić information content (AvgIpc) is 2.81. The lowest BCUT2D eigenvalue weighted by Gasteiger charge is -2.23. The van der Waals surface area contributed by atoms with Crippen LogP contribution in [0.4, 0.5) is 0 Å². The van der Waals surface area contributed by atoms with Crippen LogP contribution in [0.1, 0.15) is 25.7 Å². The third kappa shape index (κ3) is 2.28. The Morgan fingerprint density at radius 2 is 2.00 bits per heavy atom. The predicted octanol–water partition coefficient (Wildman–Crippen LogP) is 0.938. The van der Waals surface area contributed by atoms with Crippen LogP contribution in [0, 0.1) is 0 Å². The number of pyridine rings is 1. The minimum atomic E-state index is -3.66. The molecule has 0 spiro atoms. The van der Waals surface area contributed by atoms with Crippen molar-refractivity contribution in [3.8, 4) is 0 Å². The minimum absolute atomic E-state index is 0.0274. The fourth-order valence-corrected chi connectivity index (χ4v) is 3.67. The van der Waals surface area contributed by atoms with Crippen molar-refractivity contribution < 1.29 is 8.42 Å². The summed E-state index contributed by atoms with van der Waals surface area (Å²) in [5, 5.41) is 0. The lowest BCUT2D eigenvalue weighted by atomic mass is 10.3. The molecule has 1 aromatic heterocycles. The molecule has 0 radical (unpaired) electrons. The Bertz CT molecular complexity index is 544. The van der Waals surface area contributed by atoms with Gasteiger partial charge in [0.2, 0.25) is 15.5 Å². The number of aromatic nitrogens is 1. The van der Waals surface area contributed by atoms with Crippen LogP contribution < -0.4 is 5.43 Å². The highest BCUT2D eigenvalue weighted by Gasteiger charge is 2.31. The van der Waals surface area contributed by atoms with Gasteiger partial charge in [-0.15, -0.1) is 0 Å². The number of aromatic amines is 1. The lowest BCUT2D eigenvalue weighted by Crippen LogP contribution is -2.37. The van der Waals surface area contributed by atoms with Crippen LogP contribution in [-0.4, -0.2) is 30.8 Å².